The second kappa shape index (κ2) is 9.47. The summed E-state index contributed by atoms with van der Waals surface area (Å²) >= 11 is 0. The second-order valence-corrected chi connectivity index (χ2v) is 8.86. The number of primary sulfonamides is 1. The van der Waals surface area contributed by atoms with Gasteiger partial charge in [-0.15, -0.1) is 12.4 Å². The van der Waals surface area contributed by atoms with Crippen LogP contribution >= 0.6 is 12.4 Å². The Morgan fingerprint density at radius 3 is 2.38 bits per heavy atom. The Morgan fingerprint density at radius 1 is 1.03 bits per heavy atom. The van der Waals surface area contributed by atoms with Gasteiger partial charge in [-0.05, 0) is 36.4 Å². The number of hydrogen-bond acceptors (Lipinski definition) is 7. The molecule has 12 heteroatoms. The molecule has 0 aliphatic carbocycles. The molecule has 2 aromatic carbocycles. The van der Waals surface area contributed by atoms with E-state index in [1.165, 1.54) is 25.2 Å². The maximum Gasteiger partial charge on any atom is 0.245 e. The van der Waals surface area contributed by atoms with E-state index < -0.39 is 10.0 Å². The Hall–Kier alpha value is -3.38. The van der Waals surface area contributed by atoms with Gasteiger partial charge in [-0.1, -0.05) is 6.07 Å². The van der Waals surface area contributed by atoms with Gasteiger partial charge in [0.2, 0.25) is 27.7 Å². The van der Waals surface area contributed by atoms with Crippen LogP contribution in [0.5, 0.6) is 11.8 Å². The molecule has 0 atom stereocenters. The van der Waals surface area contributed by atoms with E-state index in [-0.39, 0.29) is 35.6 Å². The number of anilines is 2. The van der Waals surface area contributed by atoms with E-state index in [0.717, 1.165) is 21.8 Å². The topological polar surface area (TPSA) is 143 Å². The zero-order valence-electron chi connectivity index (χ0n) is 18.7. The fourth-order valence-electron chi connectivity index (χ4n) is 3.85. The minimum Gasteiger partial charge on any atom is -0.481 e. The lowest BCUT2D eigenvalue weighted by molar-refractivity contribution is -0.116. The number of ether oxygens (including phenoxy) is 2. The van der Waals surface area contributed by atoms with Gasteiger partial charge < -0.3 is 19.8 Å². The predicted octanol–water partition coefficient (Wildman–Crippen LogP) is 2.44. The van der Waals surface area contributed by atoms with E-state index in [9.17, 15) is 13.2 Å². The first-order valence-corrected chi connectivity index (χ1v) is 11.4. The summed E-state index contributed by atoms with van der Waals surface area (Å²) in [5.41, 5.74) is 8.25. The number of carbonyl (C=O) groups is 1. The van der Waals surface area contributed by atoms with Gasteiger partial charge >= 0.3 is 0 Å². The lowest BCUT2D eigenvalue weighted by atomic mass is 10.1. The Labute approximate surface area is 202 Å². The van der Waals surface area contributed by atoms with Gasteiger partial charge in [0.25, 0.3) is 0 Å². The van der Waals surface area contributed by atoms with Gasteiger partial charge in [0, 0.05) is 29.4 Å². The number of rotatable bonds is 6. The third kappa shape index (κ3) is 4.26. The van der Waals surface area contributed by atoms with E-state index in [1.54, 1.807) is 30.3 Å². The molecule has 0 fully saturated rings. The summed E-state index contributed by atoms with van der Waals surface area (Å²) in [6.45, 7) is -0.236. The first kappa shape index (κ1) is 25.2. The van der Waals surface area contributed by atoms with Crippen LogP contribution in [0.15, 0.2) is 53.4 Å². The van der Waals surface area contributed by atoms with Gasteiger partial charge in [-0.3, -0.25) is 9.69 Å². The molecule has 4 rings (SSSR count). The number of benzene rings is 2. The number of hydrogen-bond donors (Lipinski definition) is 2. The number of nitrogens with zero attached hydrogens (tertiary/aromatic N) is 3. The summed E-state index contributed by atoms with van der Waals surface area (Å²) in [5.74, 6) is 0.173. The molecule has 1 amide bonds. The van der Waals surface area contributed by atoms with Crippen molar-refractivity contribution in [3.05, 3.63) is 48.5 Å². The minimum absolute atomic E-state index is 0. The van der Waals surface area contributed by atoms with Gasteiger partial charge in [-0.2, -0.15) is 4.98 Å². The number of aromatic nitrogens is 2. The smallest absolute Gasteiger partial charge is 0.245 e. The van der Waals surface area contributed by atoms with Gasteiger partial charge in [0.1, 0.15) is 5.69 Å². The van der Waals surface area contributed by atoms with Crippen LogP contribution in [0.25, 0.3) is 21.8 Å². The van der Waals surface area contributed by atoms with Crippen molar-refractivity contribution < 1.29 is 22.7 Å². The summed E-state index contributed by atoms with van der Waals surface area (Å²) in [4.78, 5) is 18.6. The molecule has 180 valence electrons. The first-order chi connectivity index (χ1) is 15.7. The summed E-state index contributed by atoms with van der Waals surface area (Å²) in [5, 5.41) is 6.84. The Kier molecular flexibility index (Phi) is 7.03. The molecule has 4 aromatic rings. The van der Waals surface area contributed by atoms with Crippen LogP contribution < -0.4 is 25.2 Å². The molecule has 10 nitrogen and oxygen atoms in total. The third-order valence-electron chi connectivity index (χ3n) is 5.43. The van der Waals surface area contributed by atoms with Gasteiger partial charge in [0.05, 0.1) is 36.9 Å². The Bertz CT molecular complexity index is 1500. The van der Waals surface area contributed by atoms with Crippen molar-refractivity contribution in [2.75, 3.05) is 25.7 Å². The predicted molar refractivity (Wildman–Crippen MR) is 133 cm³/mol. The molecule has 0 saturated carbocycles. The molecule has 0 aliphatic rings. The van der Waals surface area contributed by atoms with Crippen LogP contribution in [0.2, 0.25) is 0 Å². The van der Waals surface area contributed by atoms with E-state index in [1.807, 2.05) is 23.7 Å². The van der Waals surface area contributed by atoms with E-state index >= 15 is 0 Å². The highest BCUT2D eigenvalue weighted by Crippen LogP contribution is 2.37. The van der Waals surface area contributed by atoms with Crippen molar-refractivity contribution >= 4 is 61.5 Å². The fraction of sp³-hybridized carbons (Fsp3) is 0.182. The average molecular weight is 506 g/mol. The highest BCUT2D eigenvalue weighted by molar-refractivity contribution is 7.89. The summed E-state index contributed by atoms with van der Waals surface area (Å²) in [7, 11) is 0.947. The highest BCUT2D eigenvalue weighted by atomic mass is 35.5. The number of sulfonamides is 1. The summed E-state index contributed by atoms with van der Waals surface area (Å²) < 4.78 is 36.1. The molecule has 0 radical (unpaired) electrons. The van der Waals surface area contributed by atoms with Crippen LogP contribution in [-0.4, -0.2) is 44.6 Å². The SMILES string of the molecule is COc1ccc(N(C(=O)CN)c2ccc3c4cc(S(N)(=O)=O)ccc4n(C)c3c2)c(OC)n1.Cl. The normalized spacial score (nSPS) is 11.3. The van der Waals surface area contributed by atoms with Crippen molar-refractivity contribution in [2.45, 2.75) is 4.90 Å². The number of halogens is 1. The minimum atomic E-state index is -3.85. The number of carbonyl (C=O) groups excluding carboxylic acids is 1. The quantitative estimate of drug-likeness (QED) is 0.409. The number of aryl methyl sites for hydroxylation is 1. The zero-order valence-corrected chi connectivity index (χ0v) is 20.3. The number of amides is 1. The number of methoxy groups -OCH3 is 2. The molecular weight excluding hydrogens is 482 g/mol. The third-order valence-corrected chi connectivity index (χ3v) is 6.34. The van der Waals surface area contributed by atoms with E-state index in [0.29, 0.717) is 17.3 Å². The second-order valence-electron chi connectivity index (χ2n) is 7.30. The van der Waals surface area contributed by atoms with Crippen molar-refractivity contribution in [3.63, 3.8) is 0 Å². The van der Waals surface area contributed by atoms with E-state index in [2.05, 4.69) is 4.98 Å². The Balaban J connectivity index is 0.00000324. The summed E-state index contributed by atoms with van der Waals surface area (Å²) in [6, 6.07) is 13.4. The molecule has 0 aliphatic heterocycles. The fourth-order valence-corrected chi connectivity index (χ4v) is 4.39. The molecule has 2 aromatic heterocycles. The standard InChI is InChI=1S/C22H23N5O5S.ClH/c1-26-17-7-5-14(33(24,29)30)11-16(17)15-6-4-13(10-19(15)26)27(21(28)12-23)18-8-9-20(31-2)25-22(18)32-3;/h4-11H,12,23H2,1-3H3,(H2,24,29,30);1H. The average Bonchev–Trinajstić information content (AvgIpc) is 3.09. The number of pyridine rings is 1. The monoisotopic (exact) mass is 505 g/mol. The molecule has 0 unspecified atom stereocenters. The molecule has 0 saturated heterocycles. The van der Waals surface area contributed by atoms with E-state index in [4.69, 9.17) is 20.3 Å². The van der Waals surface area contributed by atoms with Crippen molar-refractivity contribution in [1.82, 2.24) is 9.55 Å². The summed E-state index contributed by atoms with van der Waals surface area (Å²) in [6.07, 6.45) is 0. The lowest BCUT2D eigenvalue weighted by Gasteiger charge is -2.24. The zero-order chi connectivity index (χ0) is 23.9. The van der Waals surface area contributed by atoms with Crippen molar-refractivity contribution in [3.8, 4) is 11.8 Å². The maximum absolute atomic E-state index is 12.9. The lowest BCUT2D eigenvalue weighted by Crippen LogP contribution is -2.32. The highest BCUT2D eigenvalue weighted by Gasteiger charge is 2.23. The number of nitrogens with two attached hydrogens (primary N) is 2. The van der Waals surface area contributed by atoms with Crippen LogP contribution in [0.4, 0.5) is 11.4 Å². The molecular formula is C22H24ClN5O5S. The Morgan fingerprint density at radius 2 is 1.76 bits per heavy atom. The van der Waals surface area contributed by atoms with Gasteiger partial charge in [0.15, 0.2) is 0 Å². The molecule has 34 heavy (non-hydrogen) atoms. The van der Waals surface area contributed by atoms with Gasteiger partial charge in [-0.25, -0.2) is 13.6 Å². The maximum atomic E-state index is 12.9. The van der Waals surface area contributed by atoms with Crippen molar-refractivity contribution in [2.24, 2.45) is 17.9 Å². The van der Waals surface area contributed by atoms with Crippen LogP contribution in [0.1, 0.15) is 0 Å². The molecule has 2 heterocycles. The van der Waals surface area contributed by atoms with Crippen LogP contribution in [0.3, 0.4) is 0 Å². The number of fused-ring (bicyclic) bond motifs is 3. The molecule has 0 spiro atoms. The first-order valence-electron chi connectivity index (χ1n) is 9.86. The van der Waals surface area contributed by atoms with Crippen LogP contribution in [-0.2, 0) is 21.9 Å². The van der Waals surface area contributed by atoms with Crippen LogP contribution in [0, 0.1) is 0 Å². The molecule has 4 N–H and O–H groups in total. The van der Waals surface area contributed by atoms with Crippen molar-refractivity contribution in [1.29, 1.82) is 0 Å². The largest absolute Gasteiger partial charge is 0.481 e. The molecule has 0 bridgehead atoms.